The molecule has 1 saturated carbocycles. The second-order valence-electron chi connectivity index (χ2n) is 6.82. The summed E-state index contributed by atoms with van der Waals surface area (Å²) in [7, 11) is -3.67. The minimum Gasteiger partial charge on any atom is -0.336 e. The Balaban J connectivity index is 1.74. The van der Waals surface area contributed by atoms with Crippen LogP contribution >= 0.6 is 0 Å². The Morgan fingerprint density at radius 1 is 1.07 bits per heavy atom. The third kappa shape index (κ3) is 5.07. The number of hydrogen-bond acceptors (Lipinski definition) is 4. The van der Waals surface area contributed by atoms with Gasteiger partial charge in [-0.25, -0.2) is 13.2 Å². The lowest BCUT2D eigenvalue weighted by Crippen LogP contribution is -2.44. The zero-order valence-electron chi connectivity index (χ0n) is 15.2. The molecule has 1 unspecified atom stereocenters. The maximum Gasteiger partial charge on any atom is 0.315 e. The van der Waals surface area contributed by atoms with Gasteiger partial charge in [-0.1, -0.05) is 43.5 Å². The van der Waals surface area contributed by atoms with Crippen molar-refractivity contribution in [3.63, 3.8) is 0 Å². The third-order valence-electron chi connectivity index (χ3n) is 4.89. The van der Waals surface area contributed by atoms with Crippen molar-refractivity contribution in [2.45, 2.75) is 48.3 Å². The molecule has 1 fully saturated rings. The Morgan fingerprint density at radius 2 is 1.81 bits per heavy atom. The lowest BCUT2D eigenvalue weighted by atomic mass is 9.96. The summed E-state index contributed by atoms with van der Waals surface area (Å²) in [5, 5.41) is 4.81. The number of sulfone groups is 1. The van der Waals surface area contributed by atoms with Crippen LogP contribution in [-0.2, 0) is 9.84 Å². The van der Waals surface area contributed by atoms with Gasteiger partial charge in [-0.15, -0.1) is 0 Å². The van der Waals surface area contributed by atoms with Crippen LogP contribution in [-0.4, -0.2) is 32.0 Å². The molecule has 7 heteroatoms. The van der Waals surface area contributed by atoms with E-state index in [-0.39, 0.29) is 23.5 Å². The molecular formula is C20H25N3O3S. The standard InChI is InChI=1S/C20H25N3O3S/c24-20(23-17-9-3-1-4-10-17)22-15-19(16-8-7-13-21-14-16)27(25,26)18-11-5-2-6-12-18/h2,5-8,11-14,17,19H,1,3-4,9-10,15H2,(H2,22,23,24). The molecule has 3 rings (SSSR count). The van der Waals surface area contributed by atoms with Gasteiger partial charge in [0.1, 0.15) is 5.25 Å². The molecule has 1 atom stereocenters. The summed E-state index contributed by atoms with van der Waals surface area (Å²) >= 11 is 0. The number of nitrogens with one attached hydrogen (secondary N) is 2. The summed E-state index contributed by atoms with van der Waals surface area (Å²) in [5.41, 5.74) is 0.555. The molecule has 1 aliphatic carbocycles. The predicted molar refractivity (Wildman–Crippen MR) is 104 cm³/mol. The fourth-order valence-electron chi connectivity index (χ4n) is 3.42. The highest BCUT2D eigenvalue weighted by atomic mass is 32.2. The van der Waals surface area contributed by atoms with Crippen molar-refractivity contribution in [2.75, 3.05) is 6.54 Å². The number of nitrogens with zero attached hydrogens (tertiary/aromatic N) is 1. The SMILES string of the molecule is O=C(NCC(c1cccnc1)S(=O)(=O)c1ccccc1)NC1CCCCC1. The second kappa shape index (κ2) is 8.99. The summed E-state index contributed by atoms with van der Waals surface area (Å²) in [6, 6.07) is 11.6. The van der Waals surface area contributed by atoms with Gasteiger partial charge in [-0.2, -0.15) is 0 Å². The summed E-state index contributed by atoms with van der Waals surface area (Å²) in [4.78, 5) is 16.5. The largest absolute Gasteiger partial charge is 0.336 e. The predicted octanol–water partition coefficient (Wildman–Crippen LogP) is 3.23. The van der Waals surface area contributed by atoms with E-state index in [9.17, 15) is 13.2 Å². The number of pyridine rings is 1. The second-order valence-corrected chi connectivity index (χ2v) is 8.95. The smallest absolute Gasteiger partial charge is 0.315 e. The maximum atomic E-state index is 13.1. The summed E-state index contributed by atoms with van der Waals surface area (Å²) in [5.74, 6) is 0. The molecule has 1 aromatic carbocycles. The molecule has 6 nitrogen and oxygen atoms in total. The monoisotopic (exact) mass is 387 g/mol. The minimum atomic E-state index is -3.67. The average Bonchev–Trinajstić information content (AvgIpc) is 2.70. The van der Waals surface area contributed by atoms with Crippen LogP contribution in [0, 0.1) is 0 Å². The Labute approximate surface area is 160 Å². The number of urea groups is 1. The first kappa shape index (κ1) is 19.4. The lowest BCUT2D eigenvalue weighted by Gasteiger charge is -2.24. The number of carbonyl (C=O) groups excluding carboxylic acids is 1. The van der Waals surface area contributed by atoms with E-state index in [2.05, 4.69) is 15.6 Å². The summed E-state index contributed by atoms with van der Waals surface area (Å²) in [6.45, 7) is -0.0124. The van der Waals surface area contributed by atoms with Gasteiger partial charge < -0.3 is 10.6 Å². The molecule has 2 amide bonds. The minimum absolute atomic E-state index is 0.0124. The molecule has 1 heterocycles. The summed E-state index contributed by atoms with van der Waals surface area (Å²) < 4.78 is 26.3. The van der Waals surface area contributed by atoms with Gasteiger partial charge in [0.05, 0.1) is 4.90 Å². The number of carbonyl (C=O) groups is 1. The molecule has 0 saturated heterocycles. The Hall–Kier alpha value is -2.41. The molecule has 0 bridgehead atoms. The van der Waals surface area contributed by atoms with E-state index in [0.717, 1.165) is 25.7 Å². The molecule has 144 valence electrons. The quantitative estimate of drug-likeness (QED) is 0.796. The average molecular weight is 388 g/mol. The molecule has 2 aromatic rings. The first-order chi connectivity index (χ1) is 13.1. The van der Waals surface area contributed by atoms with E-state index in [0.29, 0.717) is 5.56 Å². The Morgan fingerprint density at radius 3 is 2.48 bits per heavy atom. The first-order valence-corrected chi connectivity index (χ1v) is 10.9. The highest BCUT2D eigenvalue weighted by Crippen LogP contribution is 2.28. The zero-order valence-corrected chi connectivity index (χ0v) is 16.0. The van der Waals surface area contributed by atoms with Gasteiger partial charge in [-0.3, -0.25) is 4.98 Å². The number of aromatic nitrogens is 1. The van der Waals surface area contributed by atoms with Gasteiger partial charge in [0.2, 0.25) is 0 Å². The number of rotatable bonds is 6. The van der Waals surface area contributed by atoms with Crippen LogP contribution in [0.25, 0.3) is 0 Å². The van der Waals surface area contributed by atoms with Crippen molar-refractivity contribution in [1.29, 1.82) is 0 Å². The van der Waals surface area contributed by atoms with Crippen LogP contribution in [0.2, 0.25) is 0 Å². The molecule has 0 spiro atoms. The van der Waals surface area contributed by atoms with Crippen molar-refractivity contribution in [3.05, 3.63) is 60.4 Å². The normalized spacial score (nSPS) is 16.4. The molecule has 0 aliphatic heterocycles. The van der Waals surface area contributed by atoms with Crippen LogP contribution in [0.5, 0.6) is 0 Å². The molecular weight excluding hydrogens is 362 g/mol. The Bertz CT molecular complexity index is 835. The highest BCUT2D eigenvalue weighted by molar-refractivity contribution is 7.91. The highest BCUT2D eigenvalue weighted by Gasteiger charge is 2.30. The number of amides is 2. The van der Waals surface area contributed by atoms with Crippen LogP contribution in [0.15, 0.2) is 59.8 Å². The van der Waals surface area contributed by atoms with Crippen molar-refractivity contribution in [2.24, 2.45) is 0 Å². The van der Waals surface area contributed by atoms with Crippen molar-refractivity contribution in [3.8, 4) is 0 Å². The van der Waals surface area contributed by atoms with E-state index in [1.807, 2.05) is 0 Å². The molecule has 2 N–H and O–H groups in total. The van der Waals surface area contributed by atoms with E-state index in [4.69, 9.17) is 0 Å². The van der Waals surface area contributed by atoms with E-state index >= 15 is 0 Å². The fourth-order valence-corrected chi connectivity index (χ4v) is 5.08. The van der Waals surface area contributed by atoms with Crippen molar-refractivity contribution >= 4 is 15.9 Å². The number of benzene rings is 1. The third-order valence-corrected chi connectivity index (χ3v) is 7.01. The van der Waals surface area contributed by atoms with Crippen LogP contribution in [0.3, 0.4) is 0 Å². The van der Waals surface area contributed by atoms with Gasteiger partial charge in [0, 0.05) is 25.0 Å². The first-order valence-electron chi connectivity index (χ1n) is 9.30. The van der Waals surface area contributed by atoms with E-state index < -0.39 is 15.1 Å². The zero-order chi connectivity index (χ0) is 19.1. The van der Waals surface area contributed by atoms with E-state index in [1.54, 1.807) is 48.7 Å². The van der Waals surface area contributed by atoms with Crippen molar-refractivity contribution in [1.82, 2.24) is 15.6 Å². The van der Waals surface area contributed by atoms with Gasteiger partial charge in [-0.05, 0) is 36.6 Å². The van der Waals surface area contributed by atoms with Crippen LogP contribution < -0.4 is 10.6 Å². The van der Waals surface area contributed by atoms with Crippen LogP contribution in [0.1, 0.15) is 42.9 Å². The van der Waals surface area contributed by atoms with Crippen molar-refractivity contribution < 1.29 is 13.2 Å². The topological polar surface area (TPSA) is 88.2 Å². The lowest BCUT2D eigenvalue weighted by molar-refractivity contribution is 0.232. The van der Waals surface area contributed by atoms with Gasteiger partial charge in [0.25, 0.3) is 0 Å². The number of hydrogen-bond donors (Lipinski definition) is 2. The van der Waals surface area contributed by atoms with Gasteiger partial charge >= 0.3 is 6.03 Å². The van der Waals surface area contributed by atoms with Gasteiger partial charge in [0.15, 0.2) is 9.84 Å². The molecule has 1 aromatic heterocycles. The van der Waals surface area contributed by atoms with E-state index in [1.165, 1.54) is 12.6 Å². The summed E-state index contributed by atoms with van der Waals surface area (Å²) in [6.07, 6.45) is 8.52. The fraction of sp³-hybridized carbons (Fsp3) is 0.400. The Kier molecular flexibility index (Phi) is 6.45. The molecule has 27 heavy (non-hydrogen) atoms. The molecule has 0 radical (unpaired) electrons. The molecule has 1 aliphatic rings. The van der Waals surface area contributed by atoms with Crippen LogP contribution in [0.4, 0.5) is 4.79 Å². The maximum absolute atomic E-state index is 13.1.